The van der Waals surface area contributed by atoms with Gasteiger partial charge >= 0.3 is 11.9 Å². The van der Waals surface area contributed by atoms with Gasteiger partial charge in [0.05, 0.1) is 31.2 Å². The van der Waals surface area contributed by atoms with Crippen LogP contribution >= 0.6 is 46.4 Å². The Morgan fingerprint density at radius 3 is 1.04 bits per heavy atom. The minimum absolute atomic E-state index is 0.133. The summed E-state index contributed by atoms with van der Waals surface area (Å²) >= 11 is 21.4. The number of halogens is 6. The molecule has 128 valence electrons. The van der Waals surface area contributed by atoms with Crippen LogP contribution in [0.4, 0.5) is 8.78 Å². The topological polar surface area (TPSA) is 74.6 Å². The van der Waals surface area contributed by atoms with Gasteiger partial charge in [0.25, 0.3) is 0 Å². The molecule has 0 radical (unpaired) electrons. The molecule has 2 rings (SSSR count). The zero-order valence-electron chi connectivity index (χ0n) is 11.3. The van der Waals surface area contributed by atoms with Crippen molar-refractivity contribution in [3.8, 4) is 0 Å². The van der Waals surface area contributed by atoms with Crippen molar-refractivity contribution in [1.82, 2.24) is 0 Å². The molecule has 0 atom stereocenters. The predicted octanol–water partition coefficient (Wildman–Crippen LogP) is 5.66. The third kappa shape index (κ3) is 5.21. The Hall–Kier alpha value is -1.60. The van der Waals surface area contributed by atoms with E-state index in [-0.39, 0.29) is 31.2 Å². The molecule has 0 bridgehead atoms. The van der Waals surface area contributed by atoms with Gasteiger partial charge in [-0.2, -0.15) is 0 Å². The summed E-state index contributed by atoms with van der Waals surface area (Å²) in [5.74, 6) is -4.00. The molecule has 2 aromatic carbocycles. The highest BCUT2D eigenvalue weighted by Gasteiger charge is 2.12. The molecule has 0 fully saturated rings. The van der Waals surface area contributed by atoms with Crippen LogP contribution in [0.5, 0.6) is 0 Å². The quantitative estimate of drug-likeness (QED) is 0.618. The second-order valence-corrected chi connectivity index (χ2v) is 5.75. The van der Waals surface area contributed by atoms with Gasteiger partial charge in [0.15, 0.2) is 11.6 Å². The van der Waals surface area contributed by atoms with Crippen LogP contribution in [0.15, 0.2) is 24.3 Å². The van der Waals surface area contributed by atoms with Crippen LogP contribution in [0.1, 0.15) is 20.7 Å². The molecule has 0 aliphatic heterocycles. The smallest absolute Gasteiger partial charge is 0.335 e. The van der Waals surface area contributed by atoms with Crippen molar-refractivity contribution in [3.05, 3.63) is 67.1 Å². The van der Waals surface area contributed by atoms with E-state index in [1.807, 2.05) is 0 Å². The lowest BCUT2D eigenvalue weighted by atomic mass is 10.2. The predicted molar refractivity (Wildman–Crippen MR) is 86.8 cm³/mol. The first kappa shape index (κ1) is 20.4. The maximum atomic E-state index is 12.7. The van der Waals surface area contributed by atoms with Gasteiger partial charge in [0, 0.05) is 0 Å². The fourth-order valence-electron chi connectivity index (χ4n) is 1.36. The van der Waals surface area contributed by atoms with Gasteiger partial charge < -0.3 is 10.2 Å². The molecule has 2 N–H and O–H groups in total. The summed E-state index contributed by atoms with van der Waals surface area (Å²) in [6.07, 6.45) is 0. The number of hydrogen-bond donors (Lipinski definition) is 2. The summed E-state index contributed by atoms with van der Waals surface area (Å²) < 4.78 is 25.4. The summed E-state index contributed by atoms with van der Waals surface area (Å²) in [5, 5.41) is 15.8. The Labute approximate surface area is 154 Å². The Kier molecular flexibility index (Phi) is 7.23. The number of hydrogen-bond acceptors (Lipinski definition) is 2. The fraction of sp³-hybridized carbons (Fsp3) is 0. The normalized spacial score (nSPS) is 9.92. The molecule has 0 aliphatic carbocycles. The largest absolute Gasteiger partial charge is 0.478 e. The number of carboxylic acids is 2. The van der Waals surface area contributed by atoms with Crippen molar-refractivity contribution in [2.75, 3.05) is 0 Å². The highest BCUT2D eigenvalue weighted by atomic mass is 35.5. The third-order valence-corrected chi connectivity index (χ3v) is 3.56. The van der Waals surface area contributed by atoms with Crippen molar-refractivity contribution >= 4 is 58.3 Å². The molecule has 0 saturated carbocycles. The summed E-state index contributed by atoms with van der Waals surface area (Å²) in [5.41, 5.74) is -0.266. The molecule has 24 heavy (non-hydrogen) atoms. The number of carbonyl (C=O) groups is 2. The molecule has 4 nitrogen and oxygen atoms in total. The van der Waals surface area contributed by atoms with Crippen molar-refractivity contribution in [2.24, 2.45) is 0 Å². The van der Waals surface area contributed by atoms with Gasteiger partial charge in [-0.05, 0) is 24.3 Å². The van der Waals surface area contributed by atoms with Gasteiger partial charge in [-0.3, -0.25) is 0 Å². The summed E-state index contributed by atoms with van der Waals surface area (Å²) in [4.78, 5) is 20.8. The Morgan fingerprint density at radius 2 is 0.875 bits per heavy atom. The average Bonchev–Trinajstić information content (AvgIpc) is 2.49. The first-order valence-corrected chi connectivity index (χ1v) is 7.31. The Bertz CT molecular complexity index is 698. The van der Waals surface area contributed by atoms with Crippen molar-refractivity contribution in [3.63, 3.8) is 0 Å². The number of carboxylic acid groups (broad SMARTS) is 2. The first-order valence-electron chi connectivity index (χ1n) is 5.80. The molecule has 0 aliphatic rings. The average molecular weight is 418 g/mol. The van der Waals surface area contributed by atoms with Crippen LogP contribution in [-0.4, -0.2) is 22.2 Å². The van der Waals surface area contributed by atoms with Crippen LogP contribution in [0, 0.1) is 11.6 Å². The van der Waals surface area contributed by atoms with Crippen LogP contribution in [0.25, 0.3) is 0 Å². The molecule has 0 spiro atoms. The van der Waals surface area contributed by atoms with E-state index in [0.717, 1.165) is 24.3 Å². The van der Waals surface area contributed by atoms with Crippen molar-refractivity contribution in [2.45, 2.75) is 0 Å². The molecule has 0 aromatic heterocycles. The van der Waals surface area contributed by atoms with Crippen molar-refractivity contribution < 1.29 is 28.6 Å². The zero-order chi connectivity index (χ0) is 18.6. The van der Waals surface area contributed by atoms with E-state index < -0.39 is 23.6 Å². The van der Waals surface area contributed by atoms with E-state index in [9.17, 15) is 18.4 Å². The standard InChI is InChI=1S/2C7H3Cl2FO2/c2*8-4-1-3(7(11)12)2-5(9)6(4)10/h2*1-2H,(H,11,12). The minimum Gasteiger partial charge on any atom is -0.478 e. The van der Waals surface area contributed by atoms with Crippen LogP contribution in [0.3, 0.4) is 0 Å². The molecule has 0 heterocycles. The van der Waals surface area contributed by atoms with Gasteiger partial charge in [0.2, 0.25) is 0 Å². The molecule has 0 amide bonds. The summed E-state index contributed by atoms with van der Waals surface area (Å²) in [6, 6.07) is 4.02. The van der Waals surface area contributed by atoms with Crippen molar-refractivity contribution in [1.29, 1.82) is 0 Å². The highest BCUT2D eigenvalue weighted by Crippen LogP contribution is 2.25. The van der Waals surface area contributed by atoms with E-state index >= 15 is 0 Å². The molecule has 0 unspecified atom stereocenters. The van der Waals surface area contributed by atoms with E-state index in [4.69, 9.17) is 56.6 Å². The highest BCUT2D eigenvalue weighted by molar-refractivity contribution is 6.36. The number of aromatic carboxylic acids is 2. The zero-order valence-corrected chi connectivity index (χ0v) is 14.3. The SMILES string of the molecule is O=C(O)c1cc(Cl)c(F)c(Cl)c1.O=C(O)c1cc(Cl)c(F)c(Cl)c1. The minimum atomic E-state index is -1.20. The van der Waals surface area contributed by atoms with Gasteiger partial charge in [0.1, 0.15) is 0 Å². The number of benzene rings is 2. The monoisotopic (exact) mass is 416 g/mol. The Morgan fingerprint density at radius 1 is 0.667 bits per heavy atom. The van der Waals surface area contributed by atoms with Crippen LogP contribution < -0.4 is 0 Å². The van der Waals surface area contributed by atoms with E-state index in [0.29, 0.717) is 0 Å². The van der Waals surface area contributed by atoms with Gasteiger partial charge in [-0.1, -0.05) is 46.4 Å². The van der Waals surface area contributed by atoms with Crippen LogP contribution in [0.2, 0.25) is 20.1 Å². The first-order chi connectivity index (χ1) is 11.0. The Balaban J connectivity index is 0.000000240. The molecular weight excluding hydrogens is 412 g/mol. The lowest BCUT2D eigenvalue weighted by Gasteiger charge is -1.99. The lowest BCUT2D eigenvalue weighted by molar-refractivity contribution is 0.0686. The van der Waals surface area contributed by atoms with Crippen LogP contribution in [-0.2, 0) is 0 Å². The lowest BCUT2D eigenvalue weighted by Crippen LogP contribution is -1.96. The van der Waals surface area contributed by atoms with E-state index in [1.54, 1.807) is 0 Å². The summed E-state index contributed by atoms with van der Waals surface area (Å²) in [7, 11) is 0. The second kappa shape index (κ2) is 8.48. The molecular formula is C14H6Cl4F2O4. The number of rotatable bonds is 2. The van der Waals surface area contributed by atoms with Gasteiger partial charge in [-0.15, -0.1) is 0 Å². The second-order valence-electron chi connectivity index (χ2n) is 4.12. The maximum absolute atomic E-state index is 12.7. The fourth-order valence-corrected chi connectivity index (χ4v) is 2.33. The molecule has 2 aromatic rings. The maximum Gasteiger partial charge on any atom is 0.335 e. The van der Waals surface area contributed by atoms with E-state index in [2.05, 4.69) is 0 Å². The van der Waals surface area contributed by atoms with Gasteiger partial charge in [-0.25, -0.2) is 18.4 Å². The molecule has 10 heteroatoms. The summed E-state index contributed by atoms with van der Waals surface area (Å²) in [6.45, 7) is 0. The molecule has 0 saturated heterocycles. The van der Waals surface area contributed by atoms with E-state index in [1.165, 1.54) is 0 Å². The third-order valence-electron chi connectivity index (χ3n) is 2.46.